The molecule has 0 bridgehead atoms. The number of nitrogens with two attached hydrogens (primary N) is 1. The maximum Gasteiger partial charge on any atom is 0.271 e. The Morgan fingerprint density at radius 1 is 1.07 bits per heavy atom. The lowest BCUT2D eigenvalue weighted by Gasteiger charge is -2.19. The van der Waals surface area contributed by atoms with Crippen LogP contribution in [0.1, 0.15) is 36.8 Å². The van der Waals surface area contributed by atoms with Gasteiger partial charge in [0.25, 0.3) is 15.9 Å². The number of aromatic amines is 1. The molecule has 1 heterocycles. The number of aromatic nitrogens is 3. The van der Waals surface area contributed by atoms with Crippen molar-refractivity contribution in [2.24, 2.45) is 5.73 Å². The molecule has 0 fully saturated rings. The molecule has 2 aromatic carbocycles. The fourth-order valence-electron chi connectivity index (χ4n) is 2.68. The predicted octanol–water partition coefficient (Wildman–Crippen LogP) is 2.67. The van der Waals surface area contributed by atoms with E-state index in [1.165, 1.54) is 0 Å². The van der Waals surface area contributed by atoms with Crippen molar-refractivity contribution in [2.75, 3.05) is 4.72 Å². The Labute approximate surface area is 163 Å². The summed E-state index contributed by atoms with van der Waals surface area (Å²) in [6.07, 6.45) is 0. The molecular weight excluding hydrogens is 378 g/mol. The molecule has 0 spiro atoms. The highest BCUT2D eigenvalue weighted by atomic mass is 32.2. The van der Waals surface area contributed by atoms with E-state index >= 15 is 0 Å². The predicted molar refractivity (Wildman–Crippen MR) is 106 cm³/mol. The van der Waals surface area contributed by atoms with E-state index in [0.29, 0.717) is 11.3 Å². The maximum absolute atomic E-state index is 12.7. The van der Waals surface area contributed by atoms with Gasteiger partial charge in [0.1, 0.15) is 5.69 Å². The van der Waals surface area contributed by atoms with Crippen molar-refractivity contribution in [3.05, 3.63) is 59.8 Å². The molecule has 28 heavy (non-hydrogen) atoms. The molecule has 0 aliphatic rings. The van der Waals surface area contributed by atoms with E-state index in [0.717, 1.165) is 5.56 Å². The number of primary amides is 1. The lowest BCUT2D eigenvalue weighted by molar-refractivity contribution is 0.0996. The normalized spacial score (nSPS) is 12.0. The molecule has 0 aliphatic heterocycles. The lowest BCUT2D eigenvalue weighted by atomic mass is 9.87. The van der Waals surface area contributed by atoms with Gasteiger partial charge in [-0.1, -0.05) is 45.0 Å². The molecule has 0 saturated heterocycles. The zero-order valence-electron chi connectivity index (χ0n) is 15.7. The van der Waals surface area contributed by atoms with E-state index in [1.807, 2.05) is 0 Å². The summed E-state index contributed by atoms with van der Waals surface area (Å²) >= 11 is 0. The van der Waals surface area contributed by atoms with Gasteiger partial charge in [-0.25, -0.2) is 8.42 Å². The van der Waals surface area contributed by atoms with E-state index < -0.39 is 15.9 Å². The minimum atomic E-state index is -3.77. The second-order valence-corrected chi connectivity index (χ2v) is 9.03. The molecule has 146 valence electrons. The first-order chi connectivity index (χ1) is 13.1. The highest BCUT2D eigenvalue weighted by Gasteiger charge is 2.19. The number of benzene rings is 2. The Kier molecular flexibility index (Phi) is 4.95. The summed E-state index contributed by atoms with van der Waals surface area (Å²) in [6.45, 7) is 6.18. The second kappa shape index (κ2) is 7.08. The van der Waals surface area contributed by atoms with Crippen molar-refractivity contribution in [3.8, 4) is 11.3 Å². The molecule has 8 nitrogen and oxygen atoms in total. The van der Waals surface area contributed by atoms with E-state index in [-0.39, 0.29) is 21.7 Å². The molecule has 0 radical (unpaired) electrons. The van der Waals surface area contributed by atoms with Gasteiger partial charge in [0.05, 0.1) is 4.90 Å². The van der Waals surface area contributed by atoms with Crippen molar-refractivity contribution < 1.29 is 13.2 Å². The van der Waals surface area contributed by atoms with Crippen molar-refractivity contribution in [1.29, 1.82) is 0 Å². The van der Waals surface area contributed by atoms with Crippen LogP contribution in [0.5, 0.6) is 0 Å². The van der Waals surface area contributed by atoms with Gasteiger partial charge in [0.2, 0.25) is 0 Å². The van der Waals surface area contributed by atoms with Crippen LogP contribution in [-0.4, -0.2) is 29.7 Å². The molecular formula is C19H21N5O3S. The molecule has 0 unspecified atom stereocenters. The van der Waals surface area contributed by atoms with Crippen LogP contribution in [0.15, 0.2) is 53.4 Å². The average molecular weight is 399 g/mol. The Balaban J connectivity index is 1.89. The van der Waals surface area contributed by atoms with Crippen LogP contribution in [0.2, 0.25) is 0 Å². The molecule has 0 atom stereocenters. The molecule has 3 aromatic rings. The zero-order valence-corrected chi connectivity index (χ0v) is 16.5. The van der Waals surface area contributed by atoms with Crippen LogP contribution < -0.4 is 10.5 Å². The van der Waals surface area contributed by atoms with Crippen LogP contribution in [0.4, 0.5) is 5.69 Å². The van der Waals surface area contributed by atoms with Gasteiger partial charge in [0.15, 0.2) is 5.69 Å². The first-order valence-electron chi connectivity index (χ1n) is 8.52. The Morgan fingerprint density at radius 2 is 1.75 bits per heavy atom. The van der Waals surface area contributed by atoms with Crippen LogP contribution in [-0.2, 0) is 15.4 Å². The second-order valence-electron chi connectivity index (χ2n) is 7.35. The third-order valence-electron chi connectivity index (χ3n) is 4.20. The molecule has 3 rings (SSSR count). The number of rotatable bonds is 5. The highest BCUT2D eigenvalue weighted by Crippen LogP contribution is 2.26. The topological polar surface area (TPSA) is 131 Å². The lowest BCUT2D eigenvalue weighted by Crippen LogP contribution is -2.15. The Hall–Kier alpha value is -3.20. The standard InChI is InChI=1S/C19H21N5O3S/c1-19(2,3)13-7-9-15(10-8-13)28(26,27)23-14-6-4-5-12(11-14)16-17(18(20)25)22-24-21-16/h4-11,23H,1-3H3,(H2,20,25)(H,21,22,24). The molecule has 4 N–H and O–H groups in total. The van der Waals surface area contributed by atoms with Crippen molar-refractivity contribution in [1.82, 2.24) is 15.4 Å². The van der Waals surface area contributed by atoms with Gasteiger partial charge in [-0.2, -0.15) is 15.4 Å². The number of H-pyrrole nitrogens is 1. The third-order valence-corrected chi connectivity index (χ3v) is 5.60. The van der Waals surface area contributed by atoms with E-state index in [4.69, 9.17) is 5.73 Å². The summed E-state index contributed by atoms with van der Waals surface area (Å²) in [7, 11) is -3.77. The first kappa shape index (κ1) is 19.6. The van der Waals surface area contributed by atoms with Crippen molar-refractivity contribution >= 4 is 21.6 Å². The minimum absolute atomic E-state index is 0.0159. The summed E-state index contributed by atoms with van der Waals surface area (Å²) in [5.41, 5.74) is 7.32. The van der Waals surface area contributed by atoms with Gasteiger partial charge < -0.3 is 5.73 Å². The third kappa shape index (κ3) is 4.04. The first-order valence-corrected chi connectivity index (χ1v) is 10.0. The number of carbonyl (C=O) groups excluding carboxylic acids is 1. The van der Waals surface area contributed by atoms with Gasteiger partial charge in [-0.15, -0.1) is 0 Å². The number of anilines is 1. The highest BCUT2D eigenvalue weighted by molar-refractivity contribution is 7.92. The fraction of sp³-hybridized carbons (Fsp3) is 0.211. The minimum Gasteiger partial charge on any atom is -0.364 e. The summed E-state index contributed by atoms with van der Waals surface area (Å²) in [5, 5.41) is 9.99. The quantitative estimate of drug-likeness (QED) is 0.607. The van der Waals surface area contributed by atoms with Gasteiger partial charge >= 0.3 is 0 Å². The summed E-state index contributed by atoms with van der Waals surface area (Å²) in [4.78, 5) is 11.6. The van der Waals surface area contributed by atoms with E-state index in [2.05, 4.69) is 40.9 Å². The van der Waals surface area contributed by atoms with Crippen LogP contribution in [0.25, 0.3) is 11.3 Å². The number of hydrogen-bond donors (Lipinski definition) is 3. The SMILES string of the molecule is CC(C)(C)c1ccc(S(=O)(=O)Nc2cccc(-c3n[nH]nc3C(N)=O)c2)cc1. The van der Waals surface area contributed by atoms with Gasteiger partial charge in [0, 0.05) is 11.3 Å². The number of nitrogens with one attached hydrogen (secondary N) is 2. The summed E-state index contributed by atoms with van der Waals surface area (Å²) < 4.78 is 28.0. The van der Waals surface area contributed by atoms with Gasteiger partial charge in [-0.05, 0) is 35.2 Å². The fourth-order valence-corrected chi connectivity index (χ4v) is 3.73. The number of sulfonamides is 1. The molecule has 0 saturated carbocycles. The summed E-state index contributed by atoms with van der Waals surface area (Å²) in [5.74, 6) is -0.728. The molecule has 0 aliphatic carbocycles. The van der Waals surface area contributed by atoms with Gasteiger partial charge in [-0.3, -0.25) is 9.52 Å². The van der Waals surface area contributed by atoms with Crippen LogP contribution in [0.3, 0.4) is 0 Å². The molecule has 1 aromatic heterocycles. The van der Waals surface area contributed by atoms with E-state index in [9.17, 15) is 13.2 Å². The average Bonchev–Trinajstić information content (AvgIpc) is 3.11. The number of carbonyl (C=O) groups is 1. The number of hydrogen-bond acceptors (Lipinski definition) is 5. The smallest absolute Gasteiger partial charge is 0.271 e. The zero-order chi connectivity index (χ0) is 20.5. The van der Waals surface area contributed by atoms with E-state index in [1.54, 1.807) is 48.5 Å². The molecule has 1 amide bonds. The van der Waals surface area contributed by atoms with Crippen LogP contribution >= 0.6 is 0 Å². The Bertz CT molecular complexity index is 1110. The maximum atomic E-state index is 12.7. The molecule has 9 heteroatoms. The van der Waals surface area contributed by atoms with Crippen molar-refractivity contribution in [2.45, 2.75) is 31.1 Å². The largest absolute Gasteiger partial charge is 0.364 e. The number of nitrogens with zero attached hydrogens (tertiary/aromatic N) is 2. The summed E-state index contributed by atoms with van der Waals surface area (Å²) in [6, 6.07) is 13.3. The number of amides is 1. The Morgan fingerprint density at radius 3 is 2.36 bits per heavy atom. The monoisotopic (exact) mass is 399 g/mol. The van der Waals surface area contributed by atoms with Crippen molar-refractivity contribution in [3.63, 3.8) is 0 Å². The van der Waals surface area contributed by atoms with Crippen LogP contribution in [0, 0.1) is 0 Å².